The SMILES string of the molecule is O=C(OCCSc1ccccc1F)c1ccc2c(=O)n3c(nc2c1)CCCCC3. The molecule has 3 aromatic rings. The fourth-order valence-electron chi connectivity index (χ4n) is 3.48. The molecule has 0 saturated heterocycles. The number of nitrogens with zero attached hydrogens (tertiary/aromatic N) is 2. The standard InChI is InChI=1S/C22H21FN2O3S/c23-17-6-3-4-7-19(17)29-13-12-28-22(27)15-9-10-16-18(14-15)24-20-8-2-1-5-11-25(20)21(16)26/h3-4,6-7,9-10,14H,1-2,5,8,11-13H2. The summed E-state index contributed by atoms with van der Waals surface area (Å²) < 4.78 is 20.7. The molecule has 0 amide bonds. The molecule has 2 heterocycles. The fraction of sp³-hybridized carbons (Fsp3) is 0.318. The molecule has 0 atom stereocenters. The highest BCUT2D eigenvalue weighted by Gasteiger charge is 2.16. The van der Waals surface area contributed by atoms with E-state index >= 15 is 0 Å². The first-order chi connectivity index (χ1) is 14.1. The molecular formula is C22H21FN2O3S. The Bertz CT molecular complexity index is 1110. The number of benzene rings is 2. The minimum absolute atomic E-state index is 0.0481. The van der Waals surface area contributed by atoms with Gasteiger partial charge in [-0.3, -0.25) is 9.36 Å². The van der Waals surface area contributed by atoms with Crippen LogP contribution in [-0.4, -0.2) is 27.9 Å². The number of esters is 1. The summed E-state index contributed by atoms with van der Waals surface area (Å²) in [4.78, 5) is 30.3. The number of hydrogen-bond acceptors (Lipinski definition) is 5. The molecule has 4 rings (SSSR count). The van der Waals surface area contributed by atoms with Crippen LogP contribution in [0.5, 0.6) is 0 Å². The third-order valence-electron chi connectivity index (χ3n) is 4.96. The molecule has 0 radical (unpaired) electrons. The second-order valence-corrected chi connectivity index (χ2v) is 8.08. The molecule has 0 fully saturated rings. The van der Waals surface area contributed by atoms with Gasteiger partial charge in [0.15, 0.2) is 0 Å². The van der Waals surface area contributed by atoms with Gasteiger partial charge in [0.05, 0.1) is 16.5 Å². The van der Waals surface area contributed by atoms with E-state index in [2.05, 4.69) is 4.98 Å². The summed E-state index contributed by atoms with van der Waals surface area (Å²) in [6.07, 6.45) is 3.85. The molecule has 1 aliphatic rings. The van der Waals surface area contributed by atoms with Gasteiger partial charge in [0.2, 0.25) is 0 Å². The Morgan fingerprint density at radius 2 is 2.03 bits per heavy atom. The van der Waals surface area contributed by atoms with Crippen molar-refractivity contribution in [3.63, 3.8) is 0 Å². The third-order valence-corrected chi connectivity index (χ3v) is 5.98. The van der Waals surface area contributed by atoms with Gasteiger partial charge in [-0.25, -0.2) is 14.2 Å². The smallest absolute Gasteiger partial charge is 0.338 e. The number of ether oxygens (including phenoxy) is 1. The van der Waals surface area contributed by atoms with Crippen molar-refractivity contribution in [2.45, 2.75) is 37.1 Å². The van der Waals surface area contributed by atoms with Crippen molar-refractivity contribution in [1.82, 2.24) is 9.55 Å². The van der Waals surface area contributed by atoms with Gasteiger partial charge in [-0.1, -0.05) is 18.6 Å². The van der Waals surface area contributed by atoms with Crippen LogP contribution in [0.3, 0.4) is 0 Å². The van der Waals surface area contributed by atoms with Crippen molar-refractivity contribution in [2.75, 3.05) is 12.4 Å². The molecule has 150 valence electrons. The summed E-state index contributed by atoms with van der Waals surface area (Å²) in [5.41, 5.74) is 0.838. The van der Waals surface area contributed by atoms with E-state index in [1.807, 2.05) is 0 Å². The topological polar surface area (TPSA) is 61.2 Å². The van der Waals surface area contributed by atoms with Gasteiger partial charge in [0.25, 0.3) is 5.56 Å². The van der Waals surface area contributed by atoms with E-state index in [1.54, 1.807) is 41.0 Å². The van der Waals surface area contributed by atoms with Gasteiger partial charge in [0.1, 0.15) is 18.2 Å². The molecule has 0 unspecified atom stereocenters. The Labute approximate surface area is 171 Å². The average Bonchev–Trinajstić information content (AvgIpc) is 2.97. The maximum absolute atomic E-state index is 13.6. The van der Waals surface area contributed by atoms with Crippen LogP contribution in [0.25, 0.3) is 10.9 Å². The highest BCUT2D eigenvalue weighted by Crippen LogP contribution is 2.21. The van der Waals surface area contributed by atoms with Crippen LogP contribution < -0.4 is 5.56 Å². The van der Waals surface area contributed by atoms with E-state index in [9.17, 15) is 14.0 Å². The number of carbonyl (C=O) groups excluding carboxylic acids is 1. The molecule has 0 spiro atoms. The first-order valence-electron chi connectivity index (χ1n) is 9.71. The number of hydrogen-bond donors (Lipinski definition) is 0. The molecule has 0 N–H and O–H groups in total. The second kappa shape index (κ2) is 8.78. The van der Waals surface area contributed by atoms with Gasteiger partial charge >= 0.3 is 5.97 Å². The number of carbonyl (C=O) groups is 1. The lowest BCUT2D eigenvalue weighted by Crippen LogP contribution is -2.24. The van der Waals surface area contributed by atoms with Gasteiger partial charge in [-0.05, 0) is 43.2 Å². The van der Waals surface area contributed by atoms with Crippen LogP contribution in [0, 0.1) is 5.82 Å². The van der Waals surface area contributed by atoms with E-state index in [4.69, 9.17) is 4.74 Å². The van der Waals surface area contributed by atoms with Crippen molar-refractivity contribution in [3.05, 3.63) is 70.0 Å². The Kier molecular flexibility index (Phi) is 5.94. The predicted octanol–water partition coefficient (Wildman–Crippen LogP) is 4.21. The normalized spacial score (nSPS) is 13.7. The van der Waals surface area contributed by atoms with Crippen molar-refractivity contribution in [3.8, 4) is 0 Å². The summed E-state index contributed by atoms with van der Waals surface area (Å²) in [6, 6.07) is 11.4. The number of aromatic nitrogens is 2. The molecule has 1 aromatic heterocycles. The van der Waals surface area contributed by atoms with Crippen LogP contribution in [-0.2, 0) is 17.7 Å². The van der Waals surface area contributed by atoms with Crippen LogP contribution in [0.15, 0.2) is 52.2 Å². The summed E-state index contributed by atoms with van der Waals surface area (Å²) in [5.74, 6) is 0.479. The fourth-order valence-corrected chi connectivity index (χ4v) is 4.24. The molecule has 5 nitrogen and oxygen atoms in total. The molecule has 2 aromatic carbocycles. The number of fused-ring (bicyclic) bond motifs is 2. The monoisotopic (exact) mass is 412 g/mol. The molecule has 0 aliphatic carbocycles. The highest BCUT2D eigenvalue weighted by atomic mass is 32.2. The molecule has 0 saturated carbocycles. The Hall–Kier alpha value is -2.67. The van der Waals surface area contributed by atoms with E-state index in [0.717, 1.165) is 31.5 Å². The maximum Gasteiger partial charge on any atom is 0.338 e. The van der Waals surface area contributed by atoms with Crippen molar-refractivity contribution in [2.24, 2.45) is 0 Å². The largest absolute Gasteiger partial charge is 0.461 e. The minimum atomic E-state index is -0.474. The second-order valence-electron chi connectivity index (χ2n) is 6.94. The Morgan fingerprint density at radius 3 is 2.90 bits per heavy atom. The van der Waals surface area contributed by atoms with E-state index in [1.165, 1.54) is 17.8 Å². The summed E-state index contributed by atoms with van der Waals surface area (Å²) in [6.45, 7) is 0.858. The Balaban J connectivity index is 1.45. The van der Waals surface area contributed by atoms with Crippen LogP contribution in [0.2, 0.25) is 0 Å². The van der Waals surface area contributed by atoms with Crippen molar-refractivity contribution < 1.29 is 13.9 Å². The number of aryl methyl sites for hydroxylation is 1. The lowest BCUT2D eigenvalue weighted by Gasteiger charge is -2.11. The molecule has 29 heavy (non-hydrogen) atoms. The zero-order valence-electron chi connectivity index (χ0n) is 15.9. The maximum atomic E-state index is 13.6. The van der Waals surface area contributed by atoms with Gasteiger partial charge in [-0.2, -0.15) is 0 Å². The molecule has 1 aliphatic heterocycles. The van der Waals surface area contributed by atoms with Crippen LogP contribution in [0.4, 0.5) is 4.39 Å². The van der Waals surface area contributed by atoms with Gasteiger partial charge < -0.3 is 4.74 Å². The highest BCUT2D eigenvalue weighted by molar-refractivity contribution is 7.99. The zero-order valence-corrected chi connectivity index (χ0v) is 16.7. The Morgan fingerprint density at radius 1 is 1.17 bits per heavy atom. The van der Waals surface area contributed by atoms with Gasteiger partial charge in [-0.15, -0.1) is 11.8 Å². The average molecular weight is 412 g/mol. The minimum Gasteiger partial charge on any atom is -0.461 e. The van der Waals surface area contributed by atoms with Gasteiger partial charge in [0, 0.05) is 23.6 Å². The summed E-state index contributed by atoms with van der Waals surface area (Å²) >= 11 is 1.30. The number of halogens is 1. The first-order valence-corrected chi connectivity index (χ1v) is 10.7. The lowest BCUT2D eigenvalue weighted by atomic mass is 10.1. The molecule has 0 bridgehead atoms. The quantitative estimate of drug-likeness (QED) is 0.357. The zero-order chi connectivity index (χ0) is 20.2. The van der Waals surface area contributed by atoms with E-state index < -0.39 is 5.97 Å². The predicted molar refractivity (Wildman–Crippen MR) is 111 cm³/mol. The van der Waals surface area contributed by atoms with Crippen LogP contribution >= 0.6 is 11.8 Å². The van der Waals surface area contributed by atoms with Crippen molar-refractivity contribution in [1.29, 1.82) is 0 Å². The lowest BCUT2D eigenvalue weighted by molar-refractivity contribution is 0.0530. The van der Waals surface area contributed by atoms with E-state index in [-0.39, 0.29) is 18.0 Å². The summed E-state index contributed by atoms with van der Waals surface area (Å²) in [7, 11) is 0. The number of thioether (sulfide) groups is 1. The summed E-state index contributed by atoms with van der Waals surface area (Å²) in [5, 5.41) is 0.516. The third kappa shape index (κ3) is 4.34. The van der Waals surface area contributed by atoms with E-state index in [0.29, 0.717) is 33.7 Å². The van der Waals surface area contributed by atoms with Crippen LogP contribution in [0.1, 0.15) is 35.4 Å². The first kappa shape index (κ1) is 19.6. The van der Waals surface area contributed by atoms with Crippen molar-refractivity contribution >= 4 is 28.6 Å². The molecule has 7 heteroatoms. The molecular weight excluding hydrogens is 391 g/mol. The number of rotatable bonds is 5.